The largest absolute Gasteiger partial charge is 0.495 e. The second-order valence-electron chi connectivity index (χ2n) is 9.79. The zero-order valence-electron chi connectivity index (χ0n) is 22.8. The molecule has 0 spiro atoms. The van der Waals surface area contributed by atoms with Crippen LogP contribution in [0, 0.1) is 0 Å². The van der Waals surface area contributed by atoms with Crippen LogP contribution in [0.4, 0.5) is 5.69 Å². The second kappa shape index (κ2) is 13.2. The Morgan fingerprint density at radius 1 is 1.27 bits per heavy atom. The monoisotopic (exact) mass is 511 g/mol. The predicted molar refractivity (Wildman–Crippen MR) is 148 cm³/mol. The number of nitrogens with zero attached hydrogens (tertiary/aromatic N) is 5. The molecule has 10 nitrogen and oxygen atoms in total. The molecule has 1 saturated carbocycles. The van der Waals surface area contributed by atoms with E-state index in [9.17, 15) is 9.59 Å². The van der Waals surface area contributed by atoms with Crippen LogP contribution in [0.2, 0.25) is 0 Å². The summed E-state index contributed by atoms with van der Waals surface area (Å²) in [6.45, 7) is 7.75. The highest BCUT2D eigenvalue weighted by Gasteiger charge is 2.31. The van der Waals surface area contributed by atoms with Crippen molar-refractivity contribution in [2.45, 2.75) is 51.5 Å². The number of nitrogens with one attached hydrogen (secondary N) is 2. The van der Waals surface area contributed by atoms with Crippen LogP contribution in [0.25, 0.3) is 0 Å². The highest BCUT2D eigenvalue weighted by Crippen LogP contribution is 2.31. The van der Waals surface area contributed by atoms with Gasteiger partial charge in [0, 0.05) is 38.2 Å². The third kappa shape index (κ3) is 7.31. The van der Waals surface area contributed by atoms with Crippen molar-refractivity contribution in [1.82, 2.24) is 20.0 Å². The number of hydrogen-bond donors (Lipinski definition) is 2. The van der Waals surface area contributed by atoms with Gasteiger partial charge < -0.3 is 30.1 Å². The number of ether oxygens (including phenoxy) is 1. The number of hydrogen-bond acceptors (Lipinski definition) is 6. The lowest BCUT2D eigenvalue weighted by molar-refractivity contribution is -0.127. The van der Waals surface area contributed by atoms with Crippen LogP contribution in [-0.4, -0.2) is 93.1 Å². The third-order valence-electron chi connectivity index (χ3n) is 6.94. The lowest BCUT2D eigenvalue weighted by Gasteiger charge is -2.31. The van der Waals surface area contributed by atoms with Crippen molar-refractivity contribution in [3.05, 3.63) is 35.3 Å². The van der Waals surface area contributed by atoms with Crippen molar-refractivity contribution in [1.29, 1.82) is 0 Å². The van der Waals surface area contributed by atoms with Crippen molar-refractivity contribution in [3.63, 3.8) is 0 Å². The van der Waals surface area contributed by atoms with Crippen molar-refractivity contribution in [2.75, 3.05) is 53.2 Å². The van der Waals surface area contributed by atoms with Crippen LogP contribution < -0.4 is 15.4 Å². The second-order valence-corrected chi connectivity index (χ2v) is 9.79. The minimum absolute atomic E-state index is 0.0732. The number of carbonyl (C=O) groups excluding carboxylic acids is 2. The molecule has 2 N–H and O–H groups in total. The van der Waals surface area contributed by atoms with E-state index in [1.165, 1.54) is 12.8 Å². The van der Waals surface area contributed by atoms with E-state index >= 15 is 0 Å². The van der Waals surface area contributed by atoms with E-state index in [2.05, 4.69) is 32.1 Å². The normalized spacial score (nSPS) is 17.4. The number of methoxy groups -OCH3 is 1. The van der Waals surface area contributed by atoms with Crippen LogP contribution >= 0.6 is 0 Å². The fourth-order valence-electron chi connectivity index (χ4n) is 4.71. The van der Waals surface area contributed by atoms with Crippen molar-refractivity contribution >= 4 is 30.2 Å². The molecule has 202 valence electrons. The molecule has 0 aromatic heterocycles. The smallest absolute Gasteiger partial charge is 0.251 e. The fraction of sp³-hybridized carbons (Fsp3) is 0.556. The number of aliphatic imine (C=N–C) groups is 2. The van der Waals surface area contributed by atoms with Gasteiger partial charge in [-0.2, -0.15) is 4.99 Å². The van der Waals surface area contributed by atoms with E-state index in [1.54, 1.807) is 37.3 Å². The molecule has 0 radical (unpaired) electrons. The average Bonchev–Trinajstić information content (AvgIpc) is 3.40. The van der Waals surface area contributed by atoms with Gasteiger partial charge in [-0.05, 0) is 71.7 Å². The molecule has 0 atom stereocenters. The number of guanidine groups is 1. The molecule has 0 bridgehead atoms. The van der Waals surface area contributed by atoms with Gasteiger partial charge in [-0.3, -0.25) is 9.59 Å². The summed E-state index contributed by atoms with van der Waals surface area (Å²) in [5.41, 5.74) is 1.90. The molecular weight excluding hydrogens is 470 g/mol. The Morgan fingerprint density at radius 2 is 2.00 bits per heavy atom. The number of benzene rings is 1. The van der Waals surface area contributed by atoms with Crippen LogP contribution in [-0.2, 0) is 4.79 Å². The average molecular weight is 512 g/mol. The molecule has 1 aromatic carbocycles. The summed E-state index contributed by atoms with van der Waals surface area (Å²) in [6, 6.07) is 5.55. The number of amides is 2. The lowest BCUT2D eigenvalue weighted by Crippen LogP contribution is -2.33. The topological polar surface area (TPSA) is 102 Å². The summed E-state index contributed by atoms with van der Waals surface area (Å²) in [5, 5.41) is 6.14. The molecule has 2 aliphatic rings. The standard InChI is InChI=1S/C27H41N7O3/c1-19-25(34(21-10-7-8-11-21)17-14-24(35)33(19)5)31-27(28-2)30-22-13-12-20(18-23(22)37-6)26(36)29-15-9-16-32(3)4/h12-13,18,21H,2,7-11,14-17H2,1,3-6H3,(H,29,36)(H,30,31). The van der Waals surface area contributed by atoms with Gasteiger partial charge in [-0.15, -0.1) is 0 Å². The Bertz CT molecular complexity index is 1040. The van der Waals surface area contributed by atoms with E-state index < -0.39 is 0 Å². The Labute approximate surface area is 220 Å². The van der Waals surface area contributed by atoms with Gasteiger partial charge in [0.05, 0.1) is 18.5 Å². The number of rotatable bonds is 9. The molecule has 1 fully saturated rings. The highest BCUT2D eigenvalue weighted by molar-refractivity contribution is 6.00. The molecule has 1 aromatic rings. The summed E-state index contributed by atoms with van der Waals surface area (Å²) in [7, 11) is 7.35. The maximum Gasteiger partial charge on any atom is 0.251 e. The first-order valence-corrected chi connectivity index (χ1v) is 12.9. The van der Waals surface area contributed by atoms with Crippen LogP contribution in [0.15, 0.2) is 39.7 Å². The maximum atomic E-state index is 12.6. The van der Waals surface area contributed by atoms with Crippen LogP contribution in [0.1, 0.15) is 55.8 Å². The molecule has 37 heavy (non-hydrogen) atoms. The lowest BCUT2D eigenvalue weighted by atomic mass is 10.1. The minimum Gasteiger partial charge on any atom is -0.495 e. The van der Waals surface area contributed by atoms with Crippen molar-refractivity contribution in [3.8, 4) is 5.75 Å². The zero-order chi connectivity index (χ0) is 26.9. The molecule has 1 aliphatic heterocycles. The molecular formula is C27H41N7O3. The van der Waals surface area contributed by atoms with Gasteiger partial charge in [-0.1, -0.05) is 12.8 Å². The van der Waals surface area contributed by atoms with Gasteiger partial charge in [0.2, 0.25) is 11.9 Å². The fourth-order valence-corrected chi connectivity index (χ4v) is 4.71. The number of carbonyl (C=O) groups is 2. The first-order valence-electron chi connectivity index (χ1n) is 12.9. The molecule has 3 rings (SSSR count). The van der Waals surface area contributed by atoms with Crippen molar-refractivity contribution < 1.29 is 14.3 Å². The maximum absolute atomic E-state index is 12.6. The SMILES string of the molecule is C=N/C(=N\C1=C(C)N(C)C(=O)CCN1C1CCCC1)Nc1ccc(C(=O)NCCCN(C)C)cc1OC. The molecule has 1 aliphatic carbocycles. The van der Waals surface area contributed by atoms with Gasteiger partial charge in [0.25, 0.3) is 5.91 Å². The summed E-state index contributed by atoms with van der Waals surface area (Å²) in [6.07, 6.45) is 5.84. The Kier molecular flexibility index (Phi) is 10.1. The molecule has 0 unspecified atom stereocenters. The number of allylic oxidation sites excluding steroid dienone is 1. The molecule has 0 saturated heterocycles. The molecule has 2 amide bonds. The van der Waals surface area contributed by atoms with Crippen LogP contribution in [0.3, 0.4) is 0 Å². The van der Waals surface area contributed by atoms with Crippen molar-refractivity contribution in [2.24, 2.45) is 9.98 Å². The quantitative estimate of drug-likeness (QED) is 0.300. The van der Waals surface area contributed by atoms with Crippen LogP contribution in [0.5, 0.6) is 5.75 Å². The van der Waals surface area contributed by atoms with E-state index in [-0.39, 0.29) is 11.8 Å². The first kappa shape index (κ1) is 28.2. The highest BCUT2D eigenvalue weighted by atomic mass is 16.5. The van der Waals surface area contributed by atoms with E-state index in [1.807, 2.05) is 21.0 Å². The van der Waals surface area contributed by atoms with Gasteiger partial charge in [-0.25, -0.2) is 4.99 Å². The van der Waals surface area contributed by atoms with E-state index in [0.29, 0.717) is 48.5 Å². The van der Waals surface area contributed by atoms with E-state index in [0.717, 1.165) is 37.3 Å². The zero-order valence-corrected chi connectivity index (χ0v) is 22.8. The Balaban J connectivity index is 1.83. The molecule has 10 heteroatoms. The first-order chi connectivity index (χ1) is 17.7. The summed E-state index contributed by atoms with van der Waals surface area (Å²) < 4.78 is 5.56. The minimum atomic E-state index is -0.154. The number of anilines is 1. The Hall–Kier alpha value is -3.40. The Morgan fingerprint density at radius 3 is 2.65 bits per heavy atom. The van der Waals surface area contributed by atoms with E-state index in [4.69, 9.17) is 9.73 Å². The summed E-state index contributed by atoms with van der Waals surface area (Å²) >= 11 is 0. The van der Waals surface area contributed by atoms with Gasteiger partial charge >= 0.3 is 0 Å². The summed E-state index contributed by atoms with van der Waals surface area (Å²) in [4.78, 5) is 40.1. The summed E-state index contributed by atoms with van der Waals surface area (Å²) in [5.74, 6) is 1.42. The molecule has 1 heterocycles. The van der Waals surface area contributed by atoms with Gasteiger partial charge in [0.15, 0.2) is 5.82 Å². The van der Waals surface area contributed by atoms with Gasteiger partial charge in [0.1, 0.15) is 5.75 Å². The third-order valence-corrected chi connectivity index (χ3v) is 6.94. The predicted octanol–water partition coefficient (Wildman–Crippen LogP) is 3.14.